The third kappa shape index (κ3) is 4.24. The smallest absolute Gasteiger partial charge is 0.263 e. The number of hydrogen-bond acceptors (Lipinski definition) is 3. The Labute approximate surface area is 111 Å². The Morgan fingerprint density at radius 3 is 2.47 bits per heavy atom. The Hall–Kier alpha value is -1.01. The lowest BCUT2D eigenvalue weighted by atomic mass is 10.1. The normalized spacial score (nSPS) is 21.9. The monoisotopic (exact) mass is 289 g/mol. The molecular weight excluding hydrogens is 272 g/mol. The maximum absolute atomic E-state index is 12.4. The van der Waals surface area contributed by atoms with Gasteiger partial charge in [0.15, 0.2) is 9.84 Å². The molecule has 0 amide bonds. The topological polar surface area (TPSA) is 46.2 Å². The van der Waals surface area contributed by atoms with Crippen LogP contribution in [-0.2, 0) is 16.4 Å². The van der Waals surface area contributed by atoms with Gasteiger partial charge < -0.3 is 5.32 Å². The van der Waals surface area contributed by atoms with Gasteiger partial charge in [-0.05, 0) is 24.4 Å². The average Bonchev–Trinajstić information content (AvgIpc) is 2.69. The SMILES string of the molecule is O=S1(=O)CCC(CNCc2ccc(C(F)F)cc2)C1. The van der Waals surface area contributed by atoms with Crippen molar-refractivity contribution in [3.05, 3.63) is 35.4 Å². The highest BCUT2D eigenvalue weighted by atomic mass is 32.2. The van der Waals surface area contributed by atoms with Crippen molar-refractivity contribution < 1.29 is 17.2 Å². The molecule has 0 radical (unpaired) electrons. The molecule has 1 saturated heterocycles. The molecule has 0 aromatic heterocycles. The molecule has 1 aliphatic rings. The van der Waals surface area contributed by atoms with E-state index in [1.807, 2.05) is 0 Å². The van der Waals surface area contributed by atoms with Gasteiger partial charge in [-0.1, -0.05) is 24.3 Å². The second-order valence-corrected chi connectivity index (χ2v) is 7.17. The maximum Gasteiger partial charge on any atom is 0.263 e. The van der Waals surface area contributed by atoms with Gasteiger partial charge in [0.25, 0.3) is 6.43 Å². The Balaban J connectivity index is 1.77. The summed E-state index contributed by atoms with van der Waals surface area (Å²) in [5.41, 5.74) is 0.941. The van der Waals surface area contributed by atoms with Gasteiger partial charge in [-0.25, -0.2) is 17.2 Å². The molecule has 6 heteroatoms. The Bertz CT molecular complexity index is 514. The summed E-state index contributed by atoms with van der Waals surface area (Å²) < 4.78 is 47.3. The third-order valence-corrected chi connectivity index (χ3v) is 5.16. The zero-order valence-corrected chi connectivity index (χ0v) is 11.3. The van der Waals surface area contributed by atoms with Crippen LogP contribution < -0.4 is 5.32 Å². The molecule has 106 valence electrons. The van der Waals surface area contributed by atoms with Crippen molar-refractivity contribution in [1.82, 2.24) is 5.32 Å². The number of benzene rings is 1. The van der Waals surface area contributed by atoms with Crippen LogP contribution in [0.5, 0.6) is 0 Å². The Kier molecular flexibility index (Phi) is 4.52. The van der Waals surface area contributed by atoms with E-state index in [-0.39, 0.29) is 23.0 Å². The summed E-state index contributed by atoms with van der Waals surface area (Å²) in [6.07, 6.45) is -1.73. The first-order valence-corrected chi connectivity index (χ1v) is 8.06. The molecule has 0 aliphatic carbocycles. The number of halogens is 2. The Morgan fingerprint density at radius 2 is 1.95 bits per heavy atom. The van der Waals surface area contributed by atoms with Gasteiger partial charge in [0.1, 0.15) is 0 Å². The second kappa shape index (κ2) is 5.96. The van der Waals surface area contributed by atoms with Crippen LogP contribution in [0.3, 0.4) is 0 Å². The summed E-state index contributed by atoms with van der Waals surface area (Å²) in [7, 11) is -2.83. The van der Waals surface area contributed by atoms with Gasteiger partial charge in [-0.2, -0.15) is 0 Å². The standard InChI is InChI=1S/C13H17F2NO2S/c14-13(15)12-3-1-10(2-4-12)7-16-8-11-5-6-19(17,18)9-11/h1-4,11,13,16H,5-9H2. The maximum atomic E-state index is 12.4. The first-order valence-electron chi connectivity index (χ1n) is 6.24. The van der Waals surface area contributed by atoms with E-state index in [4.69, 9.17) is 0 Å². The summed E-state index contributed by atoms with van der Waals surface area (Å²) in [5, 5.41) is 3.18. The van der Waals surface area contributed by atoms with Crippen LogP contribution >= 0.6 is 0 Å². The van der Waals surface area contributed by atoms with Gasteiger partial charge in [0.05, 0.1) is 11.5 Å². The van der Waals surface area contributed by atoms with Gasteiger partial charge in [-0.15, -0.1) is 0 Å². The van der Waals surface area contributed by atoms with Crippen LogP contribution in [0.1, 0.15) is 24.0 Å². The van der Waals surface area contributed by atoms with Crippen molar-refractivity contribution in [2.45, 2.75) is 19.4 Å². The molecule has 1 N–H and O–H groups in total. The van der Waals surface area contributed by atoms with Crippen molar-refractivity contribution in [2.75, 3.05) is 18.1 Å². The summed E-state index contributed by atoms with van der Waals surface area (Å²) in [5.74, 6) is 0.706. The Morgan fingerprint density at radius 1 is 1.26 bits per heavy atom. The number of nitrogens with one attached hydrogen (secondary N) is 1. The fourth-order valence-corrected chi connectivity index (χ4v) is 4.10. The average molecular weight is 289 g/mol. The minimum Gasteiger partial charge on any atom is -0.312 e. The van der Waals surface area contributed by atoms with E-state index in [9.17, 15) is 17.2 Å². The van der Waals surface area contributed by atoms with Crippen LogP contribution in [0.15, 0.2) is 24.3 Å². The van der Waals surface area contributed by atoms with E-state index in [0.29, 0.717) is 19.5 Å². The summed E-state index contributed by atoms with van der Waals surface area (Å²) in [6.45, 7) is 1.22. The number of sulfone groups is 1. The molecule has 1 atom stereocenters. The molecule has 0 bridgehead atoms. The van der Waals surface area contributed by atoms with Crippen molar-refractivity contribution >= 4 is 9.84 Å². The van der Waals surface area contributed by atoms with E-state index in [2.05, 4.69) is 5.32 Å². The first kappa shape index (κ1) is 14.4. The van der Waals surface area contributed by atoms with Gasteiger partial charge in [0, 0.05) is 12.1 Å². The summed E-state index contributed by atoms with van der Waals surface area (Å²) in [4.78, 5) is 0. The van der Waals surface area contributed by atoms with Gasteiger partial charge in [-0.3, -0.25) is 0 Å². The molecule has 19 heavy (non-hydrogen) atoms. The molecule has 0 saturated carbocycles. The highest BCUT2D eigenvalue weighted by Gasteiger charge is 2.27. The summed E-state index contributed by atoms with van der Waals surface area (Å²) >= 11 is 0. The second-order valence-electron chi connectivity index (χ2n) is 4.94. The van der Waals surface area contributed by atoms with E-state index in [1.165, 1.54) is 12.1 Å². The molecule has 1 heterocycles. The molecule has 1 unspecified atom stereocenters. The third-order valence-electron chi connectivity index (χ3n) is 3.32. The predicted octanol–water partition coefficient (Wildman–Crippen LogP) is 2.15. The predicted molar refractivity (Wildman–Crippen MR) is 69.9 cm³/mol. The van der Waals surface area contributed by atoms with Gasteiger partial charge >= 0.3 is 0 Å². The molecule has 3 nitrogen and oxygen atoms in total. The zero-order valence-electron chi connectivity index (χ0n) is 10.5. The van der Waals surface area contributed by atoms with Crippen LogP contribution in [0.4, 0.5) is 8.78 Å². The van der Waals surface area contributed by atoms with Crippen molar-refractivity contribution in [3.8, 4) is 0 Å². The zero-order chi connectivity index (χ0) is 13.9. The van der Waals surface area contributed by atoms with Crippen LogP contribution in [0.2, 0.25) is 0 Å². The lowest BCUT2D eigenvalue weighted by Crippen LogP contribution is -2.23. The molecule has 1 fully saturated rings. The minimum absolute atomic E-state index is 0.0191. The van der Waals surface area contributed by atoms with Gasteiger partial charge in [0.2, 0.25) is 0 Å². The quantitative estimate of drug-likeness (QED) is 0.903. The molecule has 0 spiro atoms. The van der Waals surface area contributed by atoms with Crippen LogP contribution in [0.25, 0.3) is 0 Å². The molecule has 1 aliphatic heterocycles. The van der Waals surface area contributed by atoms with Crippen LogP contribution in [-0.4, -0.2) is 26.5 Å². The van der Waals surface area contributed by atoms with Crippen molar-refractivity contribution in [1.29, 1.82) is 0 Å². The minimum atomic E-state index is -2.83. The summed E-state index contributed by atoms with van der Waals surface area (Å²) in [6, 6.07) is 6.17. The van der Waals surface area contributed by atoms with Crippen molar-refractivity contribution in [3.63, 3.8) is 0 Å². The highest BCUT2D eigenvalue weighted by Crippen LogP contribution is 2.19. The van der Waals surface area contributed by atoms with E-state index in [0.717, 1.165) is 5.56 Å². The largest absolute Gasteiger partial charge is 0.312 e. The first-order chi connectivity index (χ1) is 8.96. The fraction of sp³-hybridized carbons (Fsp3) is 0.538. The number of hydrogen-bond donors (Lipinski definition) is 1. The van der Waals surface area contributed by atoms with Crippen molar-refractivity contribution in [2.24, 2.45) is 5.92 Å². The van der Waals surface area contributed by atoms with Crippen LogP contribution in [0, 0.1) is 5.92 Å². The number of alkyl halides is 2. The molecule has 1 aromatic rings. The van der Waals surface area contributed by atoms with E-state index >= 15 is 0 Å². The lowest BCUT2D eigenvalue weighted by Gasteiger charge is -2.10. The molecular formula is C13H17F2NO2S. The number of rotatable bonds is 5. The highest BCUT2D eigenvalue weighted by molar-refractivity contribution is 7.91. The fourth-order valence-electron chi connectivity index (χ4n) is 2.23. The van der Waals surface area contributed by atoms with E-state index in [1.54, 1.807) is 12.1 Å². The lowest BCUT2D eigenvalue weighted by molar-refractivity contribution is 0.151. The molecule has 2 rings (SSSR count). The molecule has 1 aromatic carbocycles. The van der Waals surface area contributed by atoms with E-state index < -0.39 is 16.3 Å².